The predicted octanol–water partition coefficient (Wildman–Crippen LogP) is 2.52. The van der Waals surface area contributed by atoms with Gasteiger partial charge in [0.2, 0.25) is 0 Å². The van der Waals surface area contributed by atoms with Gasteiger partial charge in [0.15, 0.2) is 0 Å². The average Bonchev–Trinajstić information content (AvgIpc) is 3.17. The minimum absolute atomic E-state index is 0.580. The van der Waals surface area contributed by atoms with E-state index < -0.39 is 0 Å². The third-order valence-corrected chi connectivity index (χ3v) is 3.63. The van der Waals surface area contributed by atoms with Gasteiger partial charge >= 0.3 is 0 Å². The van der Waals surface area contributed by atoms with Crippen molar-refractivity contribution in [1.82, 2.24) is 0 Å². The number of nitrogens with zero attached hydrogens (tertiary/aromatic N) is 2. The van der Waals surface area contributed by atoms with Crippen LogP contribution in [-0.2, 0) is 0 Å². The van der Waals surface area contributed by atoms with E-state index in [0.29, 0.717) is 17.3 Å². The molecule has 2 saturated carbocycles. The molecular weight excluding hydrogens is 210 g/mol. The lowest BCUT2D eigenvalue weighted by Crippen LogP contribution is -2.28. The van der Waals surface area contributed by atoms with E-state index in [0.717, 1.165) is 12.5 Å². The van der Waals surface area contributed by atoms with Gasteiger partial charge in [-0.25, -0.2) is 0 Å². The lowest BCUT2D eigenvalue weighted by molar-refractivity contribution is 0.719. The van der Waals surface area contributed by atoms with Gasteiger partial charge in [0.05, 0.1) is 11.3 Å². The van der Waals surface area contributed by atoms with Crippen molar-refractivity contribution in [3.05, 3.63) is 23.8 Å². The van der Waals surface area contributed by atoms with Crippen LogP contribution >= 0.6 is 0 Å². The second kappa shape index (κ2) is 3.96. The fourth-order valence-corrected chi connectivity index (χ4v) is 2.26. The van der Waals surface area contributed by atoms with Crippen molar-refractivity contribution in [2.45, 2.75) is 31.7 Å². The Morgan fingerprint density at radius 1 is 1.29 bits per heavy atom. The average molecular weight is 227 g/mol. The van der Waals surface area contributed by atoms with Gasteiger partial charge in [0.1, 0.15) is 6.07 Å². The standard InChI is InChI=1S/C14H17N3/c15-8-11-3-4-13(7-14(11)16)17(12-5-6-12)9-10-1-2-10/h3-4,7,10,12H,1-2,5-6,9,16H2. The molecule has 1 aromatic carbocycles. The molecule has 2 aliphatic rings. The van der Waals surface area contributed by atoms with E-state index in [1.807, 2.05) is 18.2 Å². The molecule has 2 N–H and O–H groups in total. The minimum Gasteiger partial charge on any atom is -0.398 e. The zero-order valence-corrected chi connectivity index (χ0v) is 9.89. The monoisotopic (exact) mass is 227 g/mol. The molecule has 0 spiro atoms. The van der Waals surface area contributed by atoms with Crippen LogP contribution in [0.1, 0.15) is 31.2 Å². The summed E-state index contributed by atoms with van der Waals surface area (Å²) >= 11 is 0. The van der Waals surface area contributed by atoms with Gasteiger partial charge in [-0.05, 0) is 49.8 Å². The molecule has 0 bridgehead atoms. The first kappa shape index (κ1) is 10.5. The number of benzene rings is 1. The Labute approximate surface area is 102 Å². The van der Waals surface area contributed by atoms with E-state index in [1.165, 1.54) is 31.4 Å². The zero-order valence-electron chi connectivity index (χ0n) is 9.89. The summed E-state index contributed by atoms with van der Waals surface area (Å²) in [5.74, 6) is 0.882. The summed E-state index contributed by atoms with van der Waals surface area (Å²) in [6.07, 6.45) is 5.34. The maximum Gasteiger partial charge on any atom is 0.101 e. The summed E-state index contributed by atoms with van der Waals surface area (Å²) in [5, 5.41) is 8.88. The number of nitrogen functional groups attached to an aromatic ring is 1. The highest BCUT2D eigenvalue weighted by Crippen LogP contribution is 2.38. The number of nitrogens with two attached hydrogens (primary N) is 1. The highest BCUT2D eigenvalue weighted by atomic mass is 15.2. The van der Waals surface area contributed by atoms with Crippen LogP contribution in [-0.4, -0.2) is 12.6 Å². The van der Waals surface area contributed by atoms with Crippen LogP contribution in [0.4, 0.5) is 11.4 Å². The lowest BCUT2D eigenvalue weighted by Gasteiger charge is -2.25. The fourth-order valence-electron chi connectivity index (χ4n) is 2.26. The maximum atomic E-state index is 8.88. The number of hydrogen-bond acceptors (Lipinski definition) is 3. The Morgan fingerprint density at radius 2 is 2.06 bits per heavy atom. The smallest absolute Gasteiger partial charge is 0.101 e. The third kappa shape index (κ3) is 2.21. The zero-order chi connectivity index (χ0) is 11.8. The van der Waals surface area contributed by atoms with Crippen LogP contribution in [0.15, 0.2) is 18.2 Å². The molecule has 2 fully saturated rings. The molecule has 0 amide bonds. The van der Waals surface area contributed by atoms with E-state index in [2.05, 4.69) is 11.0 Å². The Morgan fingerprint density at radius 3 is 2.59 bits per heavy atom. The Hall–Kier alpha value is -1.69. The van der Waals surface area contributed by atoms with Crippen molar-refractivity contribution >= 4 is 11.4 Å². The Kier molecular flexibility index (Phi) is 2.44. The molecule has 3 rings (SSSR count). The van der Waals surface area contributed by atoms with Gasteiger partial charge in [-0.1, -0.05) is 0 Å². The topological polar surface area (TPSA) is 53.0 Å². The number of anilines is 2. The molecule has 17 heavy (non-hydrogen) atoms. The number of nitriles is 1. The molecule has 0 aliphatic heterocycles. The molecule has 88 valence electrons. The van der Waals surface area contributed by atoms with Gasteiger partial charge in [-0.3, -0.25) is 0 Å². The van der Waals surface area contributed by atoms with Gasteiger partial charge < -0.3 is 10.6 Å². The molecule has 2 aliphatic carbocycles. The highest BCUT2D eigenvalue weighted by molar-refractivity contribution is 5.64. The maximum absolute atomic E-state index is 8.88. The van der Waals surface area contributed by atoms with Crippen molar-refractivity contribution in [1.29, 1.82) is 5.26 Å². The van der Waals surface area contributed by atoms with E-state index in [4.69, 9.17) is 11.0 Å². The Bertz CT molecular complexity index is 467. The quantitative estimate of drug-likeness (QED) is 0.804. The first-order chi connectivity index (χ1) is 8.28. The molecule has 3 heteroatoms. The second-order valence-corrected chi connectivity index (χ2v) is 5.21. The molecule has 0 saturated heterocycles. The molecule has 0 radical (unpaired) electrons. The van der Waals surface area contributed by atoms with Crippen LogP contribution < -0.4 is 10.6 Å². The van der Waals surface area contributed by atoms with Crippen LogP contribution in [0, 0.1) is 17.2 Å². The molecular formula is C14H17N3. The summed E-state index contributed by atoms with van der Waals surface area (Å²) in [4.78, 5) is 2.48. The summed E-state index contributed by atoms with van der Waals surface area (Å²) in [7, 11) is 0. The van der Waals surface area contributed by atoms with Crippen molar-refractivity contribution < 1.29 is 0 Å². The second-order valence-electron chi connectivity index (χ2n) is 5.21. The van der Waals surface area contributed by atoms with Gasteiger partial charge in [-0.2, -0.15) is 5.26 Å². The van der Waals surface area contributed by atoms with E-state index in [9.17, 15) is 0 Å². The third-order valence-electron chi connectivity index (χ3n) is 3.63. The minimum atomic E-state index is 0.580. The summed E-state index contributed by atoms with van der Waals surface area (Å²) in [6, 6.07) is 8.66. The van der Waals surface area contributed by atoms with Crippen molar-refractivity contribution in [3.8, 4) is 6.07 Å². The first-order valence-corrected chi connectivity index (χ1v) is 6.34. The molecule has 0 heterocycles. The highest BCUT2D eigenvalue weighted by Gasteiger charge is 2.33. The van der Waals surface area contributed by atoms with Crippen LogP contribution in [0.3, 0.4) is 0 Å². The first-order valence-electron chi connectivity index (χ1n) is 6.34. The summed E-state index contributed by atoms with van der Waals surface area (Å²) < 4.78 is 0. The van der Waals surface area contributed by atoms with Gasteiger partial charge in [0, 0.05) is 18.3 Å². The SMILES string of the molecule is N#Cc1ccc(N(CC2CC2)C2CC2)cc1N. The van der Waals surface area contributed by atoms with Gasteiger partial charge in [0.25, 0.3) is 0 Å². The Balaban J connectivity index is 1.84. The molecule has 3 nitrogen and oxygen atoms in total. The van der Waals surface area contributed by atoms with Crippen LogP contribution in [0.5, 0.6) is 0 Å². The van der Waals surface area contributed by atoms with Crippen molar-refractivity contribution in [3.63, 3.8) is 0 Å². The lowest BCUT2D eigenvalue weighted by atomic mass is 10.1. The van der Waals surface area contributed by atoms with Crippen LogP contribution in [0.25, 0.3) is 0 Å². The predicted molar refractivity (Wildman–Crippen MR) is 68.7 cm³/mol. The van der Waals surface area contributed by atoms with E-state index in [1.54, 1.807) is 0 Å². The van der Waals surface area contributed by atoms with Gasteiger partial charge in [-0.15, -0.1) is 0 Å². The van der Waals surface area contributed by atoms with Crippen LogP contribution in [0.2, 0.25) is 0 Å². The normalized spacial score (nSPS) is 18.8. The summed E-state index contributed by atoms with van der Waals surface area (Å²) in [5.41, 5.74) is 8.26. The van der Waals surface area contributed by atoms with Crippen molar-refractivity contribution in [2.24, 2.45) is 5.92 Å². The number of hydrogen-bond donors (Lipinski definition) is 1. The summed E-state index contributed by atoms with van der Waals surface area (Å²) in [6.45, 7) is 1.16. The molecule has 0 unspecified atom stereocenters. The van der Waals surface area contributed by atoms with E-state index in [-0.39, 0.29) is 0 Å². The number of rotatable bonds is 4. The molecule has 0 atom stereocenters. The largest absolute Gasteiger partial charge is 0.398 e. The fraction of sp³-hybridized carbons (Fsp3) is 0.500. The molecule has 0 aromatic heterocycles. The van der Waals surface area contributed by atoms with E-state index >= 15 is 0 Å². The molecule has 1 aromatic rings. The van der Waals surface area contributed by atoms with Crippen molar-refractivity contribution in [2.75, 3.05) is 17.2 Å².